The summed E-state index contributed by atoms with van der Waals surface area (Å²) in [5.74, 6) is 0. The Balaban J connectivity index is 1.62. The first-order valence-electron chi connectivity index (χ1n) is 7.95. The Kier molecular flexibility index (Phi) is 4.15. The molecule has 0 saturated carbocycles. The van der Waals surface area contributed by atoms with Crippen LogP contribution in [0.3, 0.4) is 0 Å². The highest BCUT2D eigenvalue weighted by atomic mass is 16.2. The van der Waals surface area contributed by atoms with Gasteiger partial charge in [0.2, 0.25) is 0 Å². The molecule has 0 bridgehead atoms. The third-order valence-corrected chi connectivity index (χ3v) is 4.84. The summed E-state index contributed by atoms with van der Waals surface area (Å²) in [6.45, 7) is 1.72. The molecule has 2 amide bonds. The van der Waals surface area contributed by atoms with Crippen molar-refractivity contribution >= 4 is 6.03 Å². The molecular weight excluding hydrogens is 262 g/mol. The average Bonchev–Trinajstić information content (AvgIpc) is 2.91. The van der Waals surface area contributed by atoms with Crippen LogP contribution in [0.25, 0.3) is 0 Å². The second-order valence-corrected chi connectivity index (χ2v) is 6.45. The second kappa shape index (κ2) is 6.06. The van der Waals surface area contributed by atoms with Crippen molar-refractivity contribution in [3.8, 4) is 0 Å². The van der Waals surface area contributed by atoms with Crippen LogP contribution in [0.4, 0.5) is 4.79 Å². The molecule has 1 aliphatic carbocycles. The van der Waals surface area contributed by atoms with E-state index in [4.69, 9.17) is 0 Å². The van der Waals surface area contributed by atoms with Gasteiger partial charge in [-0.1, -0.05) is 24.3 Å². The number of aryl methyl sites for hydroxylation is 1. The van der Waals surface area contributed by atoms with Crippen LogP contribution in [-0.2, 0) is 6.42 Å². The van der Waals surface area contributed by atoms with E-state index >= 15 is 0 Å². The molecule has 4 nitrogen and oxygen atoms in total. The first-order valence-corrected chi connectivity index (χ1v) is 7.95. The van der Waals surface area contributed by atoms with Crippen molar-refractivity contribution in [1.29, 1.82) is 0 Å². The Hall–Kier alpha value is -1.55. The molecule has 114 valence electrons. The topological polar surface area (TPSA) is 35.6 Å². The van der Waals surface area contributed by atoms with Crippen LogP contribution in [-0.4, -0.2) is 49.1 Å². The molecule has 21 heavy (non-hydrogen) atoms. The molecule has 1 aromatic carbocycles. The molecule has 2 aliphatic rings. The van der Waals surface area contributed by atoms with Crippen molar-refractivity contribution < 1.29 is 4.79 Å². The molecule has 1 heterocycles. The van der Waals surface area contributed by atoms with Crippen molar-refractivity contribution in [3.63, 3.8) is 0 Å². The van der Waals surface area contributed by atoms with Crippen LogP contribution in [0, 0.1) is 0 Å². The number of nitrogens with zero attached hydrogens (tertiary/aromatic N) is 2. The van der Waals surface area contributed by atoms with Gasteiger partial charge in [0, 0.05) is 19.1 Å². The lowest BCUT2D eigenvalue weighted by Gasteiger charge is -2.36. The van der Waals surface area contributed by atoms with E-state index in [9.17, 15) is 4.79 Å². The van der Waals surface area contributed by atoms with Gasteiger partial charge in [-0.3, -0.25) is 0 Å². The first kappa shape index (κ1) is 14.4. The number of rotatable bonds is 2. The lowest BCUT2D eigenvalue weighted by molar-refractivity contribution is 0.138. The van der Waals surface area contributed by atoms with Gasteiger partial charge in [0.25, 0.3) is 0 Å². The normalized spacial score (nSPS) is 25.0. The summed E-state index contributed by atoms with van der Waals surface area (Å²) < 4.78 is 0. The van der Waals surface area contributed by atoms with Gasteiger partial charge in [-0.05, 0) is 50.9 Å². The molecule has 0 unspecified atom stereocenters. The van der Waals surface area contributed by atoms with Crippen molar-refractivity contribution in [2.75, 3.05) is 27.2 Å². The van der Waals surface area contributed by atoms with Gasteiger partial charge in [0.1, 0.15) is 0 Å². The number of benzene rings is 1. The first-order chi connectivity index (χ1) is 10.1. The second-order valence-electron chi connectivity index (χ2n) is 6.45. The number of urea groups is 1. The van der Waals surface area contributed by atoms with Crippen molar-refractivity contribution in [3.05, 3.63) is 35.4 Å². The van der Waals surface area contributed by atoms with Crippen molar-refractivity contribution in [2.24, 2.45) is 0 Å². The predicted molar refractivity (Wildman–Crippen MR) is 84.3 cm³/mol. The summed E-state index contributed by atoms with van der Waals surface area (Å²) in [5, 5.41) is 3.23. The minimum Gasteiger partial charge on any atom is -0.331 e. The third kappa shape index (κ3) is 3.05. The molecule has 1 aromatic rings. The van der Waals surface area contributed by atoms with Gasteiger partial charge in [-0.15, -0.1) is 0 Å². The maximum atomic E-state index is 12.5. The molecule has 0 spiro atoms. The number of nitrogens with one attached hydrogen (secondary N) is 1. The van der Waals surface area contributed by atoms with E-state index in [-0.39, 0.29) is 12.1 Å². The van der Waals surface area contributed by atoms with Gasteiger partial charge >= 0.3 is 6.03 Å². The Morgan fingerprint density at radius 3 is 2.90 bits per heavy atom. The summed E-state index contributed by atoms with van der Waals surface area (Å²) in [5.41, 5.74) is 2.68. The number of carbonyl (C=O) groups excluding carboxylic acids is 1. The van der Waals surface area contributed by atoms with E-state index in [0.29, 0.717) is 6.04 Å². The van der Waals surface area contributed by atoms with Crippen LogP contribution in [0.2, 0.25) is 0 Å². The number of hydrogen-bond acceptors (Lipinski definition) is 2. The Bertz CT molecular complexity index is 515. The van der Waals surface area contributed by atoms with E-state index in [2.05, 4.69) is 48.6 Å². The maximum absolute atomic E-state index is 12.5. The number of piperidine rings is 1. The lowest BCUT2D eigenvalue weighted by Crippen LogP contribution is -2.51. The lowest BCUT2D eigenvalue weighted by atomic mass is 10.1. The molecule has 1 saturated heterocycles. The molecule has 1 N–H and O–H groups in total. The summed E-state index contributed by atoms with van der Waals surface area (Å²) >= 11 is 0. The van der Waals surface area contributed by atoms with Gasteiger partial charge in [-0.25, -0.2) is 4.79 Å². The largest absolute Gasteiger partial charge is 0.331 e. The van der Waals surface area contributed by atoms with E-state index in [0.717, 1.165) is 32.4 Å². The zero-order valence-electron chi connectivity index (χ0n) is 13.0. The monoisotopic (exact) mass is 287 g/mol. The highest BCUT2D eigenvalue weighted by Crippen LogP contribution is 2.30. The average molecular weight is 287 g/mol. The summed E-state index contributed by atoms with van der Waals surface area (Å²) in [6, 6.07) is 9.23. The predicted octanol–water partition coefficient (Wildman–Crippen LogP) is 2.41. The molecule has 2 atom stereocenters. The summed E-state index contributed by atoms with van der Waals surface area (Å²) in [7, 11) is 4.19. The van der Waals surface area contributed by atoms with Gasteiger partial charge in [0.15, 0.2) is 0 Å². The summed E-state index contributed by atoms with van der Waals surface area (Å²) in [6.07, 6.45) is 4.37. The molecular formula is C17H25N3O. The number of fused-ring (bicyclic) bond motifs is 1. The third-order valence-electron chi connectivity index (χ3n) is 4.84. The summed E-state index contributed by atoms with van der Waals surface area (Å²) in [4.78, 5) is 16.7. The molecule has 0 radical (unpaired) electrons. The SMILES string of the molecule is CN(C)[C@@H]1CCCN(C(=O)N[C@@H]2CCc3ccccc32)C1. The molecule has 3 rings (SSSR count). The maximum Gasteiger partial charge on any atom is 0.317 e. The van der Waals surface area contributed by atoms with E-state index < -0.39 is 0 Å². The number of likely N-dealkylation sites (tertiary alicyclic amines) is 1. The number of likely N-dealkylation sites (N-methyl/N-ethyl adjacent to an activating group) is 1. The van der Waals surface area contributed by atoms with Gasteiger partial charge in [0.05, 0.1) is 6.04 Å². The van der Waals surface area contributed by atoms with Crippen LogP contribution in [0.1, 0.15) is 36.4 Å². The number of carbonyl (C=O) groups is 1. The Labute approximate surface area is 127 Å². The van der Waals surface area contributed by atoms with Gasteiger partial charge < -0.3 is 15.1 Å². The van der Waals surface area contributed by atoms with Crippen LogP contribution in [0.15, 0.2) is 24.3 Å². The Morgan fingerprint density at radius 2 is 2.10 bits per heavy atom. The quantitative estimate of drug-likeness (QED) is 0.906. The molecule has 1 aliphatic heterocycles. The highest BCUT2D eigenvalue weighted by Gasteiger charge is 2.28. The zero-order chi connectivity index (χ0) is 14.8. The fraction of sp³-hybridized carbons (Fsp3) is 0.588. The van der Waals surface area contributed by atoms with Gasteiger partial charge in [-0.2, -0.15) is 0 Å². The zero-order valence-corrected chi connectivity index (χ0v) is 13.0. The van der Waals surface area contributed by atoms with E-state index in [1.54, 1.807) is 0 Å². The van der Waals surface area contributed by atoms with Crippen molar-refractivity contribution in [1.82, 2.24) is 15.1 Å². The van der Waals surface area contributed by atoms with Crippen LogP contribution >= 0.6 is 0 Å². The molecule has 1 fully saturated rings. The minimum absolute atomic E-state index is 0.100. The fourth-order valence-corrected chi connectivity index (χ4v) is 3.51. The minimum atomic E-state index is 0.100. The van der Waals surface area contributed by atoms with Crippen molar-refractivity contribution in [2.45, 2.75) is 37.8 Å². The Morgan fingerprint density at radius 1 is 1.29 bits per heavy atom. The molecule has 4 heteroatoms. The number of hydrogen-bond donors (Lipinski definition) is 1. The molecule has 0 aromatic heterocycles. The van der Waals surface area contributed by atoms with E-state index in [1.165, 1.54) is 17.5 Å². The van der Waals surface area contributed by atoms with Crippen LogP contribution in [0.5, 0.6) is 0 Å². The van der Waals surface area contributed by atoms with E-state index in [1.807, 2.05) is 4.90 Å². The number of amides is 2. The van der Waals surface area contributed by atoms with Crippen LogP contribution < -0.4 is 5.32 Å². The highest BCUT2D eigenvalue weighted by molar-refractivity contribution is 5.75. The smallest absolute Gasteiger partial charge is 0.317 e. The fourth-order valence-electron chi connectivity index (χ4n) is 3.51. The standard InChI is InChI=1S/C17H25N3O/c1-19(2)14-7-5-11-20(12-14)17(21)18-16-10-9-13-6-3-4-8-15(13)16/h3-4,6,8,14,16H,5,7,9-12H2,1-2H3,(H,18,21)/t14-,16-/m1/s1.